The molecule has 1 aromatic carbocycles. The quantitative estimate of drug-likeness (QED) is 0.218. The molecule has 0 saturated carbocycles. The van der Waals surface area contributed by atoms with E-state index in [1.54, 1.807) is 19.3 Å². The average molecular weight is 554 g/mol. The number of aromatic nitrogens is 1. The third-order valence-electron chi connectivity index (χ3n) is 4.77. The molecule has 0 bridgehead atoms. The van der Waals surface area contributed by atoms with Crippen molar-refractivity contribution in [2.24, 2.45) is 0 Å². The van der Waals surface area contributed by atoms with Crippen molar-refractivity contribution in [1.82, 2.24) is 9.79 Å². The van der Waals surface area contributed by atoms with Crippen LogP contribution >= 0.6 is 11.8 Å². The number of nitrogens with zero attached hydrogens (tertiary/aromatic N) is 2. The van der Waals surface area contributed by atoms with Gasteiger partial charge in [-0.1, -0.05) is 0 Å². The third kappa shape index (κ3) is 7.22. The van der Waals surface area contributed by atoms with Crippen molar-refractivity contribution in [1.29, 1.82) is 0 Å². The fourth-order valence-corrected chi connectivity index (χ4v) is 6.25. The summed E-state index contributed by atoms with van der Waals surface area (Å²) < 4.78 is 64.7. The maximum Gasteiger partial charge on any atom is 0.490 e. The Labute approximate surface area is 208 Å². The summed E-state index contributed by atoms with van der Waals surface area (Å²) >= 11 is 1.47. The van der Waals surface area contributed by atoms with Crippen molar-refractivity contribution in [3.05, 3.63) is 54.0 Å². The SMILES string of the molecule is CC1(C)SCCN(S(=O)(=O)c2ccc(Oc3cc[n+]([O-])cc3)cc2)[C@H]1C(=O)NO.O=C(O)C(F)(F)F. The van der Waals surface area contributed by atoms with E-state index in [9.17, 15) is 31.6 Å². The first-order valence-corrected chi connectivity index (χ1v) is 12.4. The maximum atomic E-state index is 13.2. The van der Waals surface area contributed by atoms with Crippen LogP contribution in [0.25, 0.3) is 0 Å². The standard InChI is InChI=1S/C18H21N3O6S2.C2HF3O2/c1-18(2)16(17(22)19-23)21(11-12-28-18)29(25,26)15-5-3-13(4-6-15)27-14-7-9-20(24)10-8-14;3-2(4,5)1(6)7/h3-10,16,23H,11-12H2,1-2H3,(H,19,22);(H,6,7)/t16-;/m0./s1. The molecular weight excluding hydrogens is 531 g/mol. The zero-order valence-electron chi connectivity index (χ0n) is 18.8. The van der Waals surface area contributed by atoms with Crippen molar-refractivity contribution >= 4 is 33.7 Å². The highest BCUT2D eigenvalue weighted by molar-refractivity contribution is 8.00. The first-order valence-electron chi connectivity index (χ1n) is 9.96. The molecule has 1 aliphatic heterocycles. The second-order valence-electron chi connectivity index (χ2n) is 7.72. The van der Waals surface area contributed by atoms with Gasteiger partial charge in [-0.05, 0) is 38.1 Å². The summed E-state index contributed by atoms with van der Waals surface area (Å²) in [5, 5.41) is 27.3. The first-order chi connectivity index (χ1) is 16.6. The summed E-state index contributed by atoms with van der Waals surface area (Å²) in [6.45, 7) is 3.68. The molecule has 198 valence electrons. The third-order valence-corrected chi connectivity index (χ3v) is 8.00. The second-order valence-corrected chi connectivity index (χ2v) is 11.4. The van der Waals surface area contributed by atoms with Crippen molar-refractivity contribution < 1.29 is 51.0 Å². The van der Waals surface area contributed by atoms with Crippen LogP contribution in [-0.2, 0) is 19.6 Å². The van der Waals surface area contributed by atoms with Gasteiger partial charge in [-0.25, -0.2) is 18.7 Å². The number of benzene rings is 1. The molecule has 3 N–H and O–H groups in total. The highest BCUT2D eigenvalue weighted by Gasteiger charge is 2.48. The van der Waals surface area contributed by atoms with E-state index in [2.05, 4.69) is 0 Å². The fourth-order valence-electron chi connectivity index (χ4n) is 3.14. The Morgan fingerprint density at radius 3 is 2.14 bits per heavy atom. The molecule has 0 spiro atoms. The maximum absolute atomic E-state index is 13.2. The molecule has 2 heterocycles. The van der Waals surface area contributed by atoms with Crippen LogP contribution in [0.5, 0.6) is 11.5 Å². The van der Waals surface area contributed by atoms with E-state index in [0.717, 1.165) is 4.31 Å². The molecule has 0 aliphatic carbocycles. The van der Waals surface area contributed by atoms with Gasteiger partial charge in [0.05, 0.1) is 4.90 Å². The lowest BCUT2D eigenvalue weighted by Gasteiger charge is -2.43. The van der Waals surface area contributed by atoms with Gasteiger partial charge in [0.2, 0.25) is 10.0 Å². The van der Waals surface area contributed by atoms with Crippen molar-refractivity contribution in [2.45, 2.75) is 35.7 Å². The molecule has 1 aromatic heterocycles. The molecule has 1 amide bonds. The molecule has 36 heavy (non-hydrogen) atoms. The number of rotatable bonds is 5. The van der Waals surface area contributed by atoms with E-state index in [4.69, 9.17) is 19.8 Å². The number of alkyl halides is 3. The number of nitrogens with one attached hydrogen (secondary N) is 1. The van der Waals surface area contributed by atoms with Crippen LogP contribution in [0.2, 0.25) is 0 Å². The van der Waals surface area contributed by atoms with E-state index in [-0.39, 0.29) is 11.4 Å². The summed E-state index contributed by atoms with van der Waals surface area (Å²) in [6.07, 6.45) is -2.51. The van der Waals surface area contributed by atoms with E-state index >= 15 is 0 Å². The number of hydroxylamine groups is 1. The number of sulfonamides is 1. The number of hydrogen-bond acceptors (Lipinski definition) is 8. The zero-order valence-corrected chi connectivity index (χ0v) is 20.4. The number of halogens is 3. The van der Waals surface area contributed by atoms with Gasteiger partial charge >= 0.3 is 12.1 Å². The minimum Gasteiger partial charge on any atom is -0.619 e. The number of carboxylic acids is 1. The van der Waals surface area contributed by atoms with Crippen LogP contribution in [-0.4, -0.2) is 64.2 Å². The fraction of sp³-hybridized carbons (Fsp3) is 0.350. The van der Waals surface area contributed by atoms with Gasteiger partial charge < -0.3 is 15.1 Å². The minimum atomic E-state index is -5.08. The Kier molecular flexibility index (Phi) is 9.17. The molecule has 3 rings (SSSR count). The van der Waals surface area contributed by atoms with Crippen LogP contribution in [0.15, 0.2) is 53.7 Å². The van der Waals surface area contributed by atoms with E-state index in [1.807, 2.05) is 0 Å². The second kappa shape index (κ2) is 11.3. The smallest absolute Gasteiger partial charge is 0.490 e. The number of ether oxygens (including phenoxy) is 1. The number of hydrogen-bond donors (Lipinski definition) is 3. The Balaban J connectivity index is 0.000000572. The van der Waals surface area contributed by atoms with Crippen LogP contribution in [0.4, 0.5) is 13.2 Å². The predicted octanol–water partition coefficient (Wildman–Crippen LogP) is 2.14. The summed E-state index contributed by atoms with van der Waals surface area (Å²) in [7, 11) is -3.98. The lowest BCUT2D eigenvalue weighted by Crippen LogP contribution is -2.61. The van der Waals surface area contributed by atoms with Gasteiger partial charge in [0.15, 0.2) is 12.4 Å². The van der Waals surface area contributed by atoms with Gasteiger partial charge in [-0.2, -0.15) is 34.0 Å². The Morgan fingerprint density at radius 1 is 1.17 bits per heavy atom. The summed E-state index contributed by atoms with van der Waals surface area (Å²) in [5.74, 6) is -2.18. The lowest BCUT2D eigenvalue weighted by molar-refractivity contribution is -0.605. The van der Waals surface area contributed by atoms with Crippen molar-refractivity contribution in [3.63, 3.8) is 0 Å². The lowest BCUT2D eigenvalue weighted by atomic mass is 10.0. The molecule has 11 nitrogen and oxygen atoms in total. The molecule has 1 atom stereocenters. The van der Waals surface area contributed by atoms with Gasteiger partial charge in [-0.3, -0.25) is 10.0 Å². The van der Waals surface area contributed by atoms with Crippen LogP contribution in [0.3, 0.4) is 0 Å². The minimum absolute atomic E-state index is 0.00810. The number of carbonyl (C=O) groups is 2. The molecule has 0 radical (unpaired) electrons. The topological polar surface area (TPSA) is 160 Å². The summed E-state index contributed by atoms with van der Waals surface area (Å²) in [5.41, 5.74) is 1.58. The normalized spacial score (nSPS) is 17.9. The highest BCUT2D eigenvalue weighted by atomic mass is 32.2. The first kappa shape index (κ1) is 29.2. The molecule has 1 fully saturated rings. The molecule has 0 unspecified atom stereocenters. The predicted molar refractivity (Wildman–Crippen MR) is 120 cm³/mol. The highest BCUT2D eigenvalue weighted by Crippen LogP contribution is 2.38. The van der Waals surface area contributed by atoms with Crippen LogP contribution in [0.1, 0.15) is 13.8 Å². The number of aliphatic carboxylic acids is 1. The number of carbonyl (C=O) groups excluding carboxylic acids is 1. The average Bonchev–Trinajstić information content (AvgIpc) is 2.79. The van der Waals surface area contributed by atoms with Crippen molar-refractivity contribution in [2.75, 3.05) is 12.3 Å². The van der Waals surface area contributed by atoms with Crippen LogP contribution in [0, 0.1) is 5.21 Å². The molecular formula is C20H22F3N3O8S2. The van der Waals surface area contributed by atoms with Crippen molar-refractivity contribution in [3.8, 4) is 11.5 Å². The zero-order chi connectivity index (χ0) is 27.3. The van der Waals surface area contributed by atoms with Crippen LogP contribution < -0.4 is 14.9 Å². The Bertz CT molecular complexity index is 1170. The van der Waals surface area contributed by atoms with Gasteiger partial charge in [-0.15, -0.1) is 0 Å². The van der Waals surface area contributed by atoms with E-state index in [0.29, 0.717) is 22.0 Å². The molecule has 1 aliphatic rings. The number of thioether (sulfide) groups is 1. The summed E-state index contributed by atoms with van der Waals surface area (Å²) in [6, 6.07) is 7.70. The van der Waals surface area contributed by atoms with E-state index in [1.165, 1.54) is 60.6 Å². The summed E-state index contributed by atoms with van der Waals surface area (Å²) in [4.78, 5) is 21.1. The molecule has 16 heteroatoms. The Hall–Kier alpha value is -3.08. The number of carboxylic acid groups (broad SMARTS) is 1. The van der Waals surface area contributed by atoms with Gasteiger partial charge in [0, 0.05) is 29.2 Å². The molecule has 2 aromatic rings. The monoisotopic (exact) mass is 553 g/mol. The largest absolute Gasteiger partial charge is 0.619 e. The molecule has 1 saturated heterocycles. The van der Waals surface area contributed by atoms with E-state index < -0.39 is 38.9 Å². The Morgan fingerprint density at radius 2 is 1.67 bits per heavy atom. The van der Waals surface area contributed by atoms with Gasteiger partial charge in [0.1, 0.15) is 17.5 Å². The number of amides is 1. The van der Waals surface area contributed by atoms with Gasteiger partial charge in [0.25, 0.3) is 5.91 Å². The number of pyridine rings is 1.